The van der Waals surface area contributed by atoms with Gasteiger partial charge in [0.15, 0.2) is 5.65 Å². The molecule has 4 rings (SSSR count). The van der Waals surface area contributed by atoms with Crippen molar-refractivity contribution in [3.05, 3.63) is 64.9 Å². The van der Waals surface area contributed by atoms with Crippen LogP contribution in [0.3, 0.4) is 0 Å². The summed E-state index contributed by atoms with van der Waals surface area (Å²) >= 11 is 0. The maximum atomic E-state index is 13.5. The van der Waals surface area contributed by atoms with E-state index in [-0.39, 0.29) is 29.7 Å². The first-order chi connectivity index (χ1) is 14.7. The molecule has 1 aromatic carbocycles. The van der Waals surface area contributed by atoms with Gasteiger partial charge < -0.3 is 4.90 Å². The van der Waals surface area contributed by atoms with Crippen LogP contribution in [0, 0.1) is 5.82 Å². The summed E-state index contributed by atoms with van der Waals surface area (Å²) < 4.78 is 54.6. The van der Waals surface area contributed by atoms with Crippen LogP contribution in [0.1, 0.15) is 48.3 Å². The Kier molecular flexibility index (Phi) is 5.68. The van der Waals surface area contributed by atoms with Crippen molar-refractivity contribution in [3.63, 3.8) is 0 Å². The van der Waals surface area contributed by atoms with Crippen molar-refractivity contribution in [1.82, 2.24) is 19.5 Å². The summed E-state index contributed by atoms with van der Waals surface area (Å²) in [7, 11) is 0. The fraction of sp³-hybridized carbons (Fsp3) is 0.409. The van der Waals surface area contributed by atoms with E-state index < -0.39 is 11.9 Å². The van der Waals surface area contributed by atoms with E-state index in [4.69, 9.17) is 0 Å². The lowest BCUT2D eigenvalue weighted by Gasteiger charge is -2.31. The summed E-state index contributed by atoms with van der Waals surface area (Å²) in [6, 6.07) is 8.61. The molecule has 0 bridgehead atoms. The van der Waals surface area contributed by atoms with Gasteiger partial charge in [0.25, 0.3) is 0 Å². The monoisotopic (exact) mass is 434 g/mol. The largest absolute Gasteiger partial charge is 0.433 e. The smallest absolute Gasteiger partial charge is 0.342 e. The van der Waals surface area contributed by atoms with Crippen molar-refractivity contribution < 1.29 is 22.4 Å². The number of carbonyl (C=O) groups excluding carboxylic acids is 1. The van der Waals surface area contributed by atoms with Gasteiger partial charge in [0, 0.05) is 30.8 Å². The predicted octanol–water partition coefficient (Wildman–Crippen LogP) is 4.40. The summed E-state index contributed by atoms with van der Waals surface area (Å²) in [6.07, 6.45) is -2.82. The minimum Gasteiger partial charge on any atom is -0.342 e. The zero-order valence-corrected chi connectivity index (χ0v) is 17.0. The number of hydrogen-bond acceptors (Lipinski definition) is 3. The zero-order valence-electron chi connectivity index (χ0n) is 17.0. The predicted molar refractivity (Wildman–Crippen MR) is 106 cm³/mol. The average Bonchev–Trinajstić information content (AvgIpc) is 3.16. The topological polar surface area (TPSA) is 50.5 Å². The highest BCUT2D eigenvalue weighted by Crippen LogP contribution is 2.33. The molecule has 0 spiro atoms. The second-order valence-electron chi connectivity index (χ2n) is 7.78. The number of piperidine rings is 1. The fourth-order valence-electron chi connectivity index (χ4n) is 3.98. The van der Waals surface area contributed by atoms with Crippen molar-refractivity contribution in [2.75, 3.05) is 13.1 Å². The van der Waals surface area contributed by atoms with Gasteiger partial charge in [0.1, 0.15) is 11.5 Å². The Morgan fingerprint density at radius 2 is 1.90 bits per heavy atom. The molecule has 164 valence electrons. The lowest BCUT2D eigenvalue weighted by Crippen LogP contribution is -2.38. The molecule has 9 heteroatoms. The SMILES string of the molecule is CCc1cc(C(F)(F)F)n2nc(C3CCN(C(=O)Cc4cccc(F)c4)CC3)cc2n1. The molecule has 0 radical (unpaired) electrons. The van der Waals surface area contributed by atoms with E-state index in [0.717, 1.165) is 10.6 Å². The van der Waals surface area contributed by atoms with Crippen LogP contribution in [0.4, 0.5) is 17.6 Å². The molecule has 1 aliphatic heterocycles. The lowest BCUT2D eigenvalue weighted by atomic mass is 9.93. The number of likely N-dealkylation sites (tertiary alicyclic amines) is 1. The van der Waals surface area contributed by atoms with E-state index in [1.54, 1.807) is 30.0 Å². The number of aromatic nitrogens is 3. The quantitative estimate of drug-likeness (QED) is 0.572. The van der Waals surface area contributed by atoms with Crippen LogP contribution in [0.15, 0.2) is 36.4 Å². The molecule has 1 saturated heterocycles. The first-order valence-electron chi connectivity index (χ1n) is 10.2. The number of aryl methyl sites for hydroxylation is 1. The summed E-state index contributed by atoms with van der Waals surface area (Å²) in [5, 5.41) is 4.21. The Labute approximate surface area is 176 Å². The number of rotatable bonds is 4. The van der Waals surface area contributed by atoms with Gasteiger partial charge in [-0.25, -0.2) is 13.9 Å². The van der Waals surface area contributed by atoms with Crippen LogP contribution in [-0.4, -0.2) is 38.5 Å². The highest BCUT2D eigenvalue weighted by Gasteiger charge is 2.35. The molecule has 1 aliphatic rings. The van der Waals surface area contributed by atoms with E-state index in [9.17, 15) is 22.4 Å². The maximum absolute atomic E-state index is 13.5. The molecule has 0 N–H and O–H groups in total. The van der Waals surface area contributed by atoms with Crippen LogP contribution in [-0.2, 0) is 23.8 Å². The summed E-state index contributed by atoms with van der Waals surface area (Å²) in [6.45, 7) is 2.71. The summed E-state index contributed by atoms with van der Waals surface area (Å²) in [4.78, 5) is 18.5. The number of carbonyl (C=O) groups is 1. The van der Waals surface area contributed by atoms with E-state index in [0.29, 0.717) is 49.3 Å². The van der Waals surface area contributed by atoms with Gasteiger partial charge in [0.2, 0.25) is 5.91 Å². The third kappa shape index (κ3) is 4.55. The number of alkyl halides is 3. The molecular weight excluding hydrogens is 412 g/mol. The Balaban J connectivity index is 1.48. The molecule has 0 atom stereocenters. The number of halogens is 4. The number of amides is 1. The molecule has 0 aliphatic carbocycles. The van der Waals surface area contributed by atoms with Gasteiger partial charge in [-0.3, -0.25) is 4.79 Å². The minimum atomic E-state index is -4.53. The molecule has 1 amide bonds. The van der Waals surface area contributed by atoms with Crippen LogP contribution in [0.25, 0.3) is 5.65 Å². The van der Waals surface area contributed by atoms with Gasteiger partial charge in [-0.05, 0) is 43.0 Å². The zero-order chi connectivity index (χ0) is 22.2. The van der Waals surface area contributed by atoms with Crippen LogP contribution >= 0.6 is 0 Å². The van der Waals surface area contributed by atoms with E-state index in [2.05, 4.69) is 10.1 Å². The Morgan fingerprint density at radius 1 is 1.16 bits per heavy atom. The molecular formula is C22H22F4N4O. The molecule has 0 unspecified atom stereocenters. The molecule has 0 saturated carbocycles. The van der Waals surface area contributed by atoms with E-state index in [1.165, 1.54) is 12.1 Å². The van der Waals surface area contributed by atoms with Gasteiger partial charge in [-0.2, -0.15) is 18.3 Å². The lowest BCUT2D eigenvalue weighted by molar-refractivity contribution is -0.142. The molecule has 31 heavy (non-hydrogen) atoms. The first-order valence-corrected chi connectivity index (χ1v) is 10.2. The second kappa shape index (κ2) is 8.28. The minimum absolute atomic E-state index is 0.0499. The maximum Gasteiger partial charge on any atom is 0.433 e. The third-order valence-electron chi connectivity index (χ3n) is 5.66. The standard InChI is InChI=1S/C22H22F4N4O/c1-2-17-12-19(22(24,25)26)30-20(27-17)13-18(28-30)15-6-8-29(9-7-15)21(31)11-14-4-3-5-16(23)10-14/h3-5,10,12-13,15H,2,6-9,11H2,1H3. The normalized spacial score (nSPS) is 15.6. The molecule has 3 aromatic rings. The molecule has 3 heterocycles. The van der Waals surface area contributed by atoms with Crippen LogP contribution in [0.5, 0.6) is 0 Å². The number of fused-ring (bicyclic) bond motifs is 1. The van der Waals surface area contributed by atoms with E-state index in [1.807, 2.05) is 0 Å². The summed E-state index contributed by atoms with van der Waals surface area (Å²) in [5.41, 5.74) is 0.895. The van der Waals surface area contributed by atoms with Gasteiger partial charge in [-0.15, -0.1) is 0 Å². The van der Waals surface area contributed by atoms with Crippen LogP contribution in [0.2, 0.25) is 0 Å². The average molecular weight is 434 g/mol. The van der Waals surface area contributed by atoms with Gasteiger partial charge in [-0.1, -0.05) is 19.1 Å². The van der Waals surface area contributed by atoms with Crippen LogP contribution < -0.4 is 0 Å². The van der Waals surface area contributed by atoms with Gasteiger partial charge in [0.05, 0.1) is 12.1 Å². The van der Waals surface area contributed by atoms with Crippen molar-refractivity contribution in [1.29, 1.82) is 0 Å². The Bertz CT molecular complexity index is 1100. The Morgan fingerprint density at radius 3 is 2.55 bits per heavy atom. The Hall–Kier alpha value is -2.97. The number of nitrogens with zero attached hydrogens (tertiary/aromatic N) is 4. The third-order valence-corrected chi connectivity index (χ3v) is 5.66. The number of hydrogen-bond donors (Lipinski definition) is 0. The molecule has 1 fully saturated rings. The fourth-order valence-corrected chi connectivity index (χ4v) is 3.98. The molecule has 5 nitrogen and oxygen atoms in total. The first kappa shape index (κ1) is 21.3. The number of benzene rings is 1. The molecule has 2 aromatic heterocycles. The van der Waals surface area contributed by atoms with Crippen molar-refractivity contribution in [2.24, 2.45) is 0 Å². The van der Waals surface area contributed by atoms with Crippen molar-refractivity contribution in [2.45, 2.75) is 44.7 Å². The summed E-state index contributed by atoms with van der Waals surface area (Å²) in [5.74, 6) is -0.521. The van der Waals surface area contributed by atoms with Crippen molar-refractivity contribution in [3.8, 4) is 0 Å². The van der Waals surface area contributed by atoms with E-state index >= 15 is 0 Å². The second-order valence-corrected chi connectivity index (χ2v) is 7.78. The highest BCUT2D eigenvalue weighted by atomic mass is 19.4. The van der Waals surface area contributed by atoms with Crippen molar-refractivity contribution >= 4 is 11.6 Å². The van der Waals surface area contributed by atoms with Gasteiger partial charge >= 0.3 is 6.18 Å². The highest BCUT2D eigenvalue weighted by molar-refractivity contribution is 5.78.